The van der Waals surface area contributed by atoms with E-state index >= 15 is 0 Å². The third kappa shape index (κ3) is 3.77. The summed E-state index contributed by atoms with van der Waals surface area (Å²) in [7, 11) is 3.35. The van der Waals surface area contributed by atoms with E-state index in [1.165, 1.54) is 5.57 Å². The Hall–Kier alpha value is -1.48. The van der Waals surface area contributed by atoms with Crippen LogP contribution in [0, 0.1) is 0 Å². The molecular formula is C15H23NO2. The van der Waals surface area contributed by atoms with Crippen molar-refractivity contribution in [3.05, 3.63) is 28.8 Å². The largest absolute Gasteiger partial charge is 0.496 e. The van der Waals surface area contributed by atoms with Crippen molar-refractivity contribution in [2.45, 2.75) is 33.2 Å². The molecular weight excluding hydrogens is 226 g/mol. The quantitative estimate of drug-likeness (QED) is 0.872. The minimum atomic E-state index is 0.119. The van der Waals surface area contributed by atoms with Crippen LogP contribution in [0.25, 0.3) is 6.08 Å². The number of methoxy groups -OCH3 is 2. The number of nitrogens with two attached hydrogens (primary N) is 1. The Morgan fingerprint density at radius 1 is 1.22 bits per heavy atom. The Kier molecular flexibility index (Phi) is 5.23. The minimum absolute atomic E-state index is 0.119. The molecule has 1 rings (SSSR count). The zero-order valence-electron chi connectivity index (χ0n) is 11.9. The maximum atomic E-state index is 5.83. The average molecular weight is 249 g/mol. The van der Waals surface area contributed by atoms with Crippen LogP contribution in [-0.4, -0.2) is 20.3 Å². The monoisotopic (exact) mass is 249 g/mol. The SMILES string of the molecule is COc1cc(CC(C)N)cc(OC)c1C=C(C)C. The molecule has 0 fully saturated rings. The summed E-state index contributed by atoms with van der Waals surface area (Å²) >= 11 is 0. The van der Waals surface area contributed by atoms with Crippen molar-refractivity contribution >= 4 is 6.08 Å². The second-order valence-corrected chi connectivity index (χ2v) is 4.82. The van der Waals surface area contributed by atoms with Crippen LogP contribution in [-0.2, 0) is 6.42 Å². The summed E-state index contributed by atoms with van der Waals surface area (Å²) in [4.78, 5) is 0. The number of hydrogen-bond donors (Lipinski definition) is 1. The lowest BCUT2D eigenvalue weighted by atomic mass is 10.0. The molecule has 3 nitrogen and oxygen atoms in total. The molecule has 0 amide bonds. The maximum absolute atomic E-state index is 5.83. The molecule has 0 saturated carbocycles. The molecule has 0 saturated heterocycles. The molecule has 1 aromatic carbocycles. The number of rotatable bonds is 5. The van der Waals surface area contributed by atoms with Crippen LogP contribution >= 0.6 is 0 Å². The summed E-state index contributed by atoms with van der Waals surface area (Å²) < 4.78 is 10.9. The Morgan fingerprint density at radius 2 is 1.72 bits per heavy atom. The molecule has 1 unspecified atom stereocenters. The van der Waals surface area contributed by atoms with Gasteiger partial charge in [0.25, 0.3) is 0 Å². The van der Waals surface area contributed by atoms with Crippen LogP contribution in [0.1, 0.15) is 31.9 Å². The first kappa shape index (κ1) is 14.6. The van der Waals surface area contributed by atoms with Crippen LogP contribution < -0.4 is 15.2 Å². The highest BCUT2D eigenvalue weighted by molar-refractivity contribution is 5.67. The van der Waals surface area contributed by atoms with Crippen molar-refractivity contribution in [1.82, 2.24) is 0 Å². The average Bonchev–Trinajstić information content (AvgIpc) is 2.29. The first-order valence-electron chi connectivity index (χ1n) is 6.13. The van der Waals surface area contributed by atoms with E-state index in [1.54, 1.807) is 14.2 Å². The van der Waals surface area contributed by atoms with E-state index < -0.39 is 0 Å². The predicted octanol–water partition coefficient (Wildman–Crippen LogP) is 3.02. The van der Waals surface area contributed by atoms with Crippen molar-refractivity contribution in [2.24, 2.45) is 5.73 Å². The number of benzene rings is 1. The minimum Gasteiger partial charge on any atom is -0.496 e. The van der Waals surface area contributed by atoms with Crippen molar-refractivity contribution in [3.63, 3.8) is 0 Å². The summed E-state index contributed by atoms with van der Waals surface area (Å²) in [5.74, 6) is 1.65. The lowest BCUT2D eigenvalue weighted by molar-refractivity contribution is 0.391. The smallest absolute Gasteiger partial charge is 0.130 e. The molecule has 0 aliphatic carbocycles. The highest BCUT2D eigenvalue weighted by Gasteiger charge is 2.11. The number of allylic oxidation sites excluding steroid dienone is 1. The van der Waals surface area contributed by atoms with E-state index in [-0.39, 0.29) is 6.04 Å². The fraction of sp³-hybridized carbons (Fsp3) is 0.467. The second kappa shape index (κ2) is 6.45. The molecule has 1 aromatic rings. The first-order valence-corrected chi connectivity index (χ1v) is 6.13. The van der Waals surface area contributed by atoms with E-state index in [9.17, 15) is 0 Å². The number of ether oxygens (including phenoxy) is 2. The predicted molar refractivity (Wildman–Crippen MR) is 76.2 cm³/mol. The molecule has 0 spiro atoms. The molecule has 0 heterocycles. The third-order valence-electron chi connectivity index (χ3n) is 2.59. The molecule has 0 aliphatic heterocycles. The van der Waals surface area contributed by atoms with E-state index in [2.05, 4.69) is 19.9 Å². The molecule has 3 heteroatoms. The normalized spacial score (nSPS) is 11.9. The van der Waals surface area contributed by atoms with Crippen LogP contribution in [0.5, 0.6) is 11.5 Å². The van der Waals surface area contributed by atoms with Gasteiger partial charge in [0.2, 0.25) is 0 Å². The van der Waals surface area contributed by atoms with Gasteiger partial charge in [0.05, 0.1) is 19.8 Å². The molecule has 0 bridgehead atoms. The lowest BCUT2D eigenvalue weighted by Gasteiger charge is -2.14. The van der Waals surface area contributed by atoms with Crippen molar-refractivity contribution < 1.29 is 9.47 Å². The van der Waals surface area contributed by atoms with Gasteiger partial charge < -0.3 is 15.2 Å². The van der Waals surface area contributed by atoms with Crippen LogP contribution in [0.15, 0.2) is 17.7 Å². The summed E-state index contributed by atoms with van der Waals surface area (Å²) in [5.41, 5.74) is 9.14. The molecule has 18 heavy (non-hydrogen) atoms. The highest BCUT2D eigenvalue weighted by Crippen LogP contribution is 2.33. The zero-order valence-corrected chi connectivity index (χ0v) is 11.9. The molecule has 100 valence electrons. The summed E-state index contributed by atoms with van der Waals surface area (Å²) in [6.07, 6.45) is 2.87. The van der Waals surface area contributed by atoms with Gasteiger partial charge in [0.15, 0.2) is 0 Å². The molecule has 0 aromatic heterocycles. The van der Waals surface area contributed by atoms with Gasteiger partial charge in [-0.2, -0.15) is 0 Å². The van der Waals surface area contributed by atoms with Gasteiger partial charge in [-0.25, -0.2) is 0 Å². The van der Waals surface area contributed by atoms with Gasteiger partial charge in [-0.3, -0.25) is 0 Å². The highest BCUT2D eigenvalue weighted by atomic mass is 16.5. The van der Waals surface area contributed by atoms with E-state index in [4.69, 9.17) is 15.2 Å². The van der Waals surface area contributed by atoms with E-state index in [0.717, 1.165) is 29.0 Å². The Balaban J connectivity index is 3.29. The second-order valence-electron chi connectivity index (χ2n) is 4.82. The van der Waals surface area contributed by atoms with Crippen LogP contribution in [0.4, 0.5) is 0 Å². The molecule has 0 radical (unpaired) electrons. The summed E-state index contributed by atoms with van der Waals surface area (Å²) in [6, 6.07) is 4.18. The summed E-state index contributed by atoms with van der Waals surface area (Å²) in [5, 5.41) is 0. The first-order chi connectivity index (χ1) is 8.47. The van der Waals surface area contributed by atoms with Crippen molar-refractivity contribution in [2.75, 3.05) is 14.2 Å². The fourth-order valence-corrected chi connectivity index (χ4v) is 1.91. The van der Waals surface area contributed by atoms with Gasteiger partial charge in [-0.15, -0.1) is 0 Å². The van der Waals surface area contributed by atoms with Gasteiger partial charge in [-0.05, 0) is 51.0 Å². The van der Waals surface area contributed by atoms with E-state index in [1.807, 2.05) is 19.1 Å². The fourth-order valence-electron chi connectivity index (χ4n) is 1.91. The van der Waals surface area contributed by atoms with Crippen molar-refractivity contribution in [3.8, 4) is 11.5 Å². The van der Waals surface area contributed by atoms with Gasteiger partial charge in [0, 0.05) is 6.04 Å². The van der Waals surface area contributed by atoms with Gasteiger partial charge in [-0.1, -0.05) is 5.57 Å². The molecule has 2 N–H and O–H groups in total. The van der Waals surface area contributed by atoms with Crippen LogP contribution in [0.2, 0.25) is 0 Å². The lowest BCUT2D eigenvalue weighted by Crippen LogP contribution is -2.17. The maximum Gasteiger partial charge on any atom is 0.130 e. The standard InChI is InChI=1S/C15H23NO2/c1-10(2)6-13-14(17-4)8-12(7-11(3)16)9-15(13)18-5/h6,8-9,11H,7,16H2,1-5H3. The Bertz CT molecular complexity index is 407. The summed E-state index contributed by atoms with van der Waals surface area (Å²) in [6.45, 7) is 6.09. The molecule has 1 atom stereocenters. The third-order valence-corrected chi connectivity index (χ3v) is 2.59. The Labute approximate surface area is 110 Å². The van der Waals surface area contributed by atoms with Crippen molar-refractivity contribution in [1.29, 1.82) is 0 Å². The van der Waals surface area contributed by atoms with Gasteiger partial charge >= 0.3 is 0 Å². The van der Waals surface area contributed by atoms with Crippen LogP contribution in [0.3, 0.4) is 0 Å². The Morgan fingerprint density at radius 3 is 2.06 bits per heavy atom. The zero-order chi connectivity index (χ0) is 13.7. The van der Waals surface area contributed by atoms with Gasteiger partial charge in [0.1, 0.15) is 11.5 Å². The van der Waals surface area contributed by atoms with E-state index in [0.29, 0.717) is 0 Å². The topological polar surface area (TPSA) is 44.5 Å². The number of hydrogen-bond acceptors (Lipinski definition) is 3. The molecule has 0 aliphatic rings.